The van der Waals surface area contributed by atoms with Gasteiger partial charge in [-0.1, -0.05) is 28.1 Å². The Labute approximate surface area is 173 Å². The van der Waals surface area contributed by atoms with Gasteiger partial charge in [0, 0.05) is 42.3 Å². The number of sulfone groups is 1. The van der Waals surface area contributed by atoms with Crippen LogP contribution >= 0.6 is 15.9 Å². The summed E-state index contributed by atoms with van der Waals surface area (Å²) in [5.74, 6) is 0.921. The third-order valence-corrected chi connectivity index (χ3v) is 6.61. The summed E-state index contributed by atoms with van der Waals surface area (Å²) in [5.41, 5.74) is 1.69. The number of hydrogen-bond donors (Lipinski definition) is 0. The van der Waals surface area contributed by atoms with E-state index >= 15 is 0 Å². The molecule has 0 amide bonds. The molecule has 8 heteroatoms. The molecule has 0 atom stereocenters. The first-order chi connectivity index (χ1) is 13.4. The molecule has 0 bridgehead atoms. The molecule has 3 aromatic rings. The van der Waals surface area contributed by atoms with Crippen LogP contribution in [0.25, 0.3) is 10.9 Å². The van der Waals surface area contributed by atoms with Gasteiger partial charge in [0.1, 0.15) is 12.1 Å². The molecule has 28 heavy (non-hydrogen) atoms. The van der Waals surface area contributed by atoms with E-state index < -0.39 is 9.84 Å². The number of benzene rings is 2. The third-order valence-electron chi connectivity index (χ3n) is 4.98. The molecule has 0 aliphatic carbocycles. The molecule has 0 N–H and O–H groups in total. The van der Waals surface area contributed by atoms with Gasteiger partial charge in [-0.15, -0.1) is 0 Å². The molecule has 146 valence electrons. The molecule has 1 aliphatic heterocycles. The fourth-order valence-electron chi connectivity index (χ4n) is 3.67. The highest BCUT2D eigenvalue weighted by molar-refractivity contribution is 9.10. The molecule has 1 aromatic heterocycles. The van der Waals surface area contributed by atoms with Crippen molar-refractivity contribution in [1.29, 1.82) is 0 Å². The number of para-hydroxylation sites is 1. The Kier molecular flexibility index (Phi) is 5.25. The SMILES string of the molecule is CS(=O)(=O)c1ccccc1N1CCCN(c2ncnc3ccc(Br)cc23)CC1. The van der Waals surface area contributed by atoms with Crippen LogP contribution in [0.2, 0.25) is 0 Å². The molecule has 0 radical (unpaired) electrons. The van der Waals surface area contributed by atoms with Crippen molar-refractivity contribution in [3.05, 3.63) is 53.3 Å². The van der Waals surface area contributed by atoms with E-state index in [0.717, 1.165) is 59.5 Å². The molecule has 4 rings (SSSR count). The second kappa shape index (κ2) is 7.67. The number of nitrogens with zero attached hydrogens (tertiary/aromatic N) is 4. The fourth-order valence-corrected chi connectivity index (χ4v) is 4.93. The van der Waals surface area contributed by atoms with Crippen LogP contribution in [0.1, 0.15) is 6.42 Å². The van der Waals surface area contributed by atoms with Gasteiger partial charge in [0.15, 0.2) is 9.84 Å². The molecular weight excluding hydrogens is 440 g/mol. The summed E-state index contributed by atoms with van der Waals surface area (Å²) in [6.45, 7) is 3.15. The largest absolute Gasteiger partial charge is 0.369 e. The van der Waals surface area contributed by atoms with Gasteiger partial charge in [-0.05, 0) is 36.8 Å². The fraction of sp³-hybridized carbons (Fsp3) is 0.300. The summed E-state index contributed by atoms with van der Waals surface area (Å²) in [6, 6.07) is 13.2. The van der Waals surface area contributed by atoms with Crippen molar-refractivity contribution in [2.24, 2.45) is 0 Å². The topological polar surface area (TPSA) is 66.4 Å². The van der Waals surface area contributed by atoms with Gasteiger partial charge in [0.25, 0.3) is 0 Å². The Morgan fingerprint density at radius 2 is 1.71 bits per heavy atom. The Morgan fingerprint density at radius 1 is 0.964 bits per heavy atom. The van der Waals surface area contributed by atoms with Gasteiger partial charge >= 0.3 is 0 Å². The maximum absolute atomic E-state index is 12.2. The van der Waals surface area contributed by atoms with Crippen molar-refractivity contribution in [2.75, 3.05) is 42.2 Å². The van der Waals surface area contributed by atoms with Gasteiger partial charge in [-0.25, -0.2) is 18.4 Å². The van der Waals surface area contributed by atoms with E-state index in [1.807, 2.05) is 30.3 Å². The monoisotopic (exact) mass is 460 g/mol. The molecule has 0 unspecified atom stereocenters. The Hall–Kier alpha value is -2.19. The molecule has 1 fully saturated rings. The lowest BCUT2D eigenvalue weighted by Crippen LogP contribution is -2.32. The molecule has 1 aliphatic rings. The zero-order valence-electron chi connectivity index (χ0n) is 15.5. The minimum absolute atomic E-state index is 0.389. The summed E-state index contributed by atoms with van der Waals surface area (Å²) in [7, 11) is -3.28. The number of halogens is 1. The van der Waals surface area contributed by atoms with Crippen molar-refractivity contribution in [3.8, 4) is 0 Å². The quantitative estimate of drug-likeness (QED) is 0.595. The number of fused-ring (bicyclic) bond motifs is 1. The van der Waals surface area contributed by atoms with Gasteiger partial charge in [0.2, 0.25) is 0 Å². The molecule has 2 aromatic carbocycles. The summed E-state index contributed by atoms with van der Waals surface area (Å²) >= 11 is 3.53. The Balaban J connectivity index is 1.64. The molecule has 6 nitrogen and oxygen atoms in total. The van der Waals surface area contributed by atoms with Gasteiger partial charge in [-0.3, -0.25) is 0 Å². The number of anilines is 2. The minimum Gasteiger partial charge on any atom is -0.369 e. The molecule has 2 heterocycles. The highest BCUT2D eigenvalue weighted by Gasteiger charge is 2.22. The van der Waals surface area contributed by atoms with E-state index in [4.69, 9.17) is 0 Å². The van der Waals surface area contributed by atoms with Gasteiger partial charge in [-0.2, -0.15) is 0 Å². The summed E-state index contributed by atoms with van der Waals surface area (Å²) < 4.78 is 25.4. The van der Waals surface area contributed by atoms with Crippen LogP contribution in [0, 0.1) is 0 Å². The average molecular weight is 461 g/mol. The van der Waals surface area contributed by atoms with Crippen LogP contribution in [0.3, 0.4) is 0 Å². The zero-order chi connectivity index (χ0) is 19.7. The standard InChI is InChI=1S/C20H21BrN4O2S/c1-28(26,27)19-6-3-2-5-18(19)24-9-4-10-25(12-11-24)20-16-13-15(21)7-8-17(16)22-14-23-20/h2-3,5-8,13-14H,4,9-12H2,1H3. The minimum atomic E-state index is -3.28. The van der Waals surface area contributed by atoms with Gasteiger partial charge < -0.3 is 9.80 Å². The predicted molar refractivity (Wildman–Crippen MR) is 116 cm³/mol. The van der Waals surface area contributed by atoms with Crippen LogP contribution in [-0.2, 0) is 9.84 Å². The number of hydrogen-bond acceptors (Lipinski definition) is 6. The molecule has 0 saturated carbocycles. The van der Waals surface area contributed by atoms with Crippen molar-refractivity contribution in [1.82, 2.24) is 9.97 Å². The van der Waals surface area contributed by atoms with Crippen LogP contribution in [0.5, 0.6) is 0 Å². The first-order valence-corrected chi connectivity index (χ1v) is 11.8. The average Bonchev–Trinajstić information content (AvgIpc) is 2.93. The van der Waals surface area contributed by atoms with E-state index in [-0.39, 0.29) is 0 Å². The Bertz CT molecular complexity index is 1120. The lowest BCUT2D eigenvalue weighted by molar-refractivity contribution is 0.601. The summed E-state index contributed by atoms with van der Waals surface area (Å²) in [5, 5.41) is 1.02. The predicted octanol–water partition coefficient (Wildman–Crippen LogP) is 3.51. The normalized spacial score (nSPS) is 15.6. The van der Waals surface area contributed by atoms with Crippen molar-refractivity contribution in [2.45, 2.75) is 11.3 Å². The highest BCUT2D eigenvalue weighted by Crippen LogP contribution is 2.29. The highest BCUT2D eigenvalue weighted by atomic mass is 79.9. The molecule has 1 saturated heterocycles. The molecular formula is C20H21BrN4O2S. The number of rotatable bonds is 3. The number of aromatic nitrogens is 2. The van der Waals surface area contributed by atoms with E-state index in [9.17, 15) is 8.42 Å². The maximum atomic E-state index is 12.2. The van der Waals surface area contributed by atoms with Crippen molar-refractivity contribution < 1.29 is 8.42 Å². The second-order valence-electron chi connectivity index (χ2n) is 6.93. The van der Waals surface area contributed by atoms with Crippen LogP contribution < -0.4 is 9.80 Å². The molecule has 0 spiro atoms. The van der Waals surface area contributed by atoms with Crippen LogP contribution in [0.4, 0.5) is 11.5 Å². The van der Waals surface area contributed by atoms with Crippen molar-refractivity contribution in [3.63, 3.8) is 0 Å². The van der Waals surface area contributed by atoms with E-state index in [2.05, 4.69) is 35.7 Å². The zero-order valence-corrected chi connectivity index (χ0v) is 17.9. The lowest BCUT2D eigenvalue weighted by Gasteiger charge is -2.26. The van der Waals surface area contributed by atoms with E-state index in [1.54, 1.807) is 18.5 Å². The maximum Gasteiger partial charge on any atom is 0.177 e. The van der Waals surface area contributed by atoms with Crippen molar-refractivity contribution >= 4 is 48.2 Å². The first kappa shape index (κ1) is 19.1. The Morgan fingerprint density at radius 3 is 2.54 bits per heavy atom. The van der Waals surface area contributed by atoms with Crippen LogP contribution in [-0.4, -0.2) is 50.8 Å². The third kappa shape index (κ3) is 3.84. The van der Waals surface area contributed by atoms with Crippen LogP contribution in [0.15, 0.2) is 58.2 Å². The lowest BCUT2D eigenvalue weighted by atomic mass is 10.2. The summed E-state index contributed by atoms with van der Waals surface area (Å²) in [6.07, 6.45) is 3.78. The summed E-state index contributed by atoms with van der Waals surface area (Å²) in [4.78, 5) is 13.7. The van der Waals surface area contributed by atoms with Gasteiger partial charge in [0.05, 0.1) is 16.1 Å². The van der Waals surface area contributed by atoms with E-state index in [0.29, 0.717) is 4.90 Å². The first-order valence-electron chi connectivity index (χ1n) is 9.13. The smallest absolute Gasteiger partial charge is 0.177 e. The van der Waals surface area contributed by atoms with E-state index in [1.165, 1.54) is 6.26 Å². The second-order valence-corrected chi connectivity index (χ2v) is 9.83.